The Balaban J connectivity index is 0.00000161. The summed E-state index contributed by atoms with van der Waals surface area (Å²) in [6, 6.07) is 0.381. The van der Waals surface area contributed by atoms with Crippen LogP contribution in [0.1, 0.15) is 49.1 Å². The van der Waals surface area contributed by atoms with E-state index in [2.05, 4.69) is 22.6 Å². The SMILES string of the molecule is CC1CCN(C(=O)c2cn(C3CCNCC3)nn2)CC1.Cl. The average Bonchev–Trinajstić information content (AvgIpc) is 2.98. The van der Waals surface area contributed by atoms with Crippen molar-refractivity contribution in [2.24, 2.45) is 5.92 Å². The van der Waals surface area contributed by atoms with E-state index < -0.39 is 0 Å². The Hall–Kier alpha value is -1.14. The van der Waals surface area contributed by atoms with Gasteiger partial charge in [-0.3, -0.25) is 4.79 Å². The number of hydrogen-bond donors (Lipinski definition) is 1. The zero-order valence-electron chi connectivity index (χ0n) is 12.5. The molecule has 0 spiro atoms. The smallest absolute Gasteiger partial charge is 0.276 e. The summed E-state index contributed by atoms with van der Waals surface area (Å²) in [6.07, 6.45) is 6.12. The van der Waals surface area contributed by atoms with Crippen LogP contribution in [0.15, 0.2) is 6.20 Å². The number of carbonyl (C=O) groups is 1. The van der Waals surface area contributed by atoms with Gasteiger partial charge in [-0.15, -0.1) is 17.5 Å². The van der Waals surface area contributed by atoms with Gasteiger partial charge >= 0.3 is 0 Å². The molecule has 6 nitrogen and oxygen atoms in total. The van der Waals surface area contributed by atoms with Crippen LogP contribution in [0.3, 0.4) is 0 Å². The summed E-state index contributed by atoms with van der Waals surface area (Å²) in [7, 11) is 0. The van der Waals surface area contributed by atoms with E-state index in [-0.39, 0.29) is 18.3 Å². The van der Waals surface area contributed by atoms with Gasteiger partial charge in [-0.25, -0.2) is 4.68 Å². The standard InChI is InChI=1S/C14H23N5O.ClH/c1-11-4-8-18(9-5-11)14(20)13-10-19(17-16-13)12-2-6-15-7-3-12;/h10-12,15H,2-9H2,1H3;1H. The molecule has 2 aliphatic heterocycles. The average molecular weight is 314 g/mol. The molecule has 0 unspecified atom stereocenters. The molecule has 2 fully saturated rings. The molecule has 21 heavy (non-hydrogen) atoms. The third kappa shape index (κ3) is 3.74. The summed E-state index contributed by atoms with van der Waals surface area (Å²) in [5.74, 6) is 0.765. The lowest BCUT2D eigenvalue weighted by molar-refractivity contribution is 0.0691. The predicted molar refractivity (Wildman–Crippen MR) is 82.7 cm³/mol. The van der Waals surface area contributed by atoms with Crippen molar-refractivity contribution in [3.05, 3.63) is 11.9 Å². The van der Waals surface area contributed by atoms with Gasteiger partial charge in [0, 0.05) is 13.1 Å². The third-order valence-electron chi connectivity index (χ3n) is 4.48. The van der Waals surface area contributed by atoms with Crippen LogP contribution in [0.4, 0.5) is 0 Å². The van der Waals surface area contributed by atoms with E-state index >= 15 is 0 Å². The summed E-state index contributed by atoms with van der Waals surface area (Å²) in [6.45, 7) is 5.96. The Morgan fingerprint density at radius 3 is 2.57 bits per heavy atom. The van der Waals surface area contributed by atoms with Crippen molar-refractivity contribution in [2.75, 3.05) is 26.2 Å². The highest BCUT2D eigenvalue weighted by Crippen LogP contribution is 2.20. The highest BCUT2D eigenvalue weighted by Gasteiger charge is 2.24. The van der Waals surface area contributed by atoms with Crippen LogP contribution < -0.4 is 5.32 Å². The number of rotatable bonds is 2. The summed E-state index contributed by atoms with van der Waals surface area (Å²) in [5.41, 5.74) is 0.498. The molecule has 0 saturated carbocycles. The van der Waals surface area contributed by atoms with Crippen LogP contribution in [0.2, 0.25) is 0 Å². The highest BCUT2D eigenvalue weighted by atomic mass is 35.5. The maximum Gasteiger partial charge on any atom is 0.276 e. The van der Waals surface area contributed by atoms with E-state index in [0.717, 1.165) is 57.8 Å². The Labute approximate surface area is 131 Å². The first-order valence-corrected chi connectivity index (χ1v) is 7.66. The molecule has 7 heteroatoms. The molecule has 1 amide bonds. The molecule has 3 rings (SSSR count). The monoisotopic (exact) mass is 313 g/mol. The number of carbonyl (C=O) groups excluding carboxylic acids is 1. The van der Waals surface area contributed by atoms with Crippen LogP contribution in [0.5, 0.6) is 0 Å². The first-order chi connectivity index (χ1) is 9.74. The minimum Gasteiger partial charge on any atom is -0.337 e. The fourth-order valence-corrected chi connectivity index (χ4v) is 3.00. The van der Waals surface area contributed by atoms with Crippen LogP contribution in [-0.2, 0) is 0 Å². The summed E-state index contributed by atoms with van der Waals surface area (Å²) in [5, 5.41) is 11.6. The van der Waals surface area contributed by atoms with Gasteiger partial charge in [0.2, 0.25) is 0 Å². The van der Waals surface area contributed by atoms with E-state index in [1.165, 1.54) is 0 Å². The number of amides is 1. The van der Waals surface area contributed by atoms with E-state index in [4.69, 9.17) is 0 Å². The Kier molecular flexibility index (Phi) is 5.58. The second kappa shape index (κ2) is 7.22. The minimum absolute atomic E-state index is 0. The topological polar surface area (TPSA) is 63.1 Å². The van der Waals surface area contributed by atoms with Crippen LogP contribution in [0, 0.1) is 5.92 Å². The van der Waals surface area contributed by atoms with Crippen molar-refractivity contribution in [2.45, 2.75) is 38.6 Å². The number of hydrogen-bond acceptors (Lipinski definition) is 4. The molecule has 3 heterocycles. The molecule has 118 valence electrons. The molecule has 0 radical (unpaired) electrons. The quantitative estimate of drug-likeness (QED) is 0.898. The number of piperidine rings is 2. The maximum atomic E-state index is 12.4. The molecule has 1 aromatic heterocycles. The molecule has 0 bridgehead atoms. The number of nitrogens with one attached hydrogen (secondary N) is 1. The van der Waals surface area contributed by atoms with Gasteiger partial charge in [0.25, 0.3) is 5.91 Å². The lowest BCUT2D eigenvalue weighted by atomic mass is 9.99. The zero-order chi connectivity index (χ0) is 13.9. The van der Waals surface area contributed by atoms with Crippen LogP contribution in [-0.4, -0.2) is 52.0 Å². The van der Waals surface area contributed by atoms with E-state index in [0.29, 0.717) is 11.7 Å². The first kappa shape index (κ1) is 16.2. The molecule has 0 aromatic carbocycles. The largest absolute Gasteiger partial charge is 0.337 e. The number of likely N-dealkylation sites (tertiary alicyclic amines) is 1. The molecule has 1 aromatic rings. The van der Waals surface area contributed by atoms with Crippen molar-refractivity contribution in [1.29, 1.82) is 0 Å². The van der Waals surface area contributed by atoms with Gasteiger partial charge in [-0.1, -0.05) is 12.1 Å². The predicted octanol–water partition coefficient (Wildman–Crippen LogP) is 1.50. The van der Waals surface area contributed by atoms with Gasteiger partial charge in [0.05, 0.1) is 12.2 Å². The van der Waals surface area contributed by atoms with E-state index in [1.807, 2.05) is 15.8 Å². The van der Waals surface area contributed by atoms with Crippen molar-refractivity contribution < 1.29 is 4.79 Å². The fraction of sp³-hybridized carbons (Fsp3) is 0.786. The lowest BCUT2D eigenvalue weighted by Gasteiger charge is -2.29. The summed E-state index contributed by atoms with van der Waals surface area (Å²) >= 11 is 0. The fourth-order valence-electron chi connectivity index (χ4n) is 3.00. The van der Waals surface area contributed by atoms with Gasteiger partial charge in [0.15, 0.2) is 5.69 Å². The summed E-state index contributed by atoms with van der Waals surface area (Å²) < 4.78 is 1.88. The lowest BCUT2D eigenvalue weighted by Crippen LogP contribution is -2.38. The second-order valence-electron chi connectivity index (χ2n) is 6.04. The maximum absolute atomic E-state index is 12.4. The third-order valence-corrected chi connectivity index (χ3v) is 4.48. The Morgan fingerprint density at radius 2 is 1.90 bits per heavy atom. The number of halogens is 1. The van der Waals surface area contributed by atoms with Crippen molar-refractivity contribution in [1.82, 2.24) is 25.2 Å². The van der Waals surface area contributed by atoms with Crippen molar-refractivity contribution >= 4 is 18.3 Å². The summed E-state index contributed by atoms with van der Waals surface area (Å²) in [4.78, 5) is 14.3. The number of nitrogens with zero attached hydrogens (tertiary/aromatic N) is 4. The number of aromatic nitrogens is 3. The highest BCUT2D eigenvalue weighted by molar-refractivity contribution is 5.92. The normalized spacial score (nSPS) is 21.1. The molecular weight excluding hydrogens is 290 g/mol. The second-order valence-corrected chi connectivity index (χ2v) is 6.04. The first-order valence-electron chi connectivity index (χ1n) is 7.66. The van der Waals surface area contributed by atoms with Crippen LogP contribution >= 0.6 is 12.4 Å². The molecular formula is C14H24ClN5O. The van der Waals surface area contributed by atoms with Gasteiger partial charge in [0.1, 0.15) is 0 Å². The van der Waals surface area contributed by atoms with Crippen molar-refractivity contribution in [3.63, 3.8) is 0 Å². The molecule has 0 atom stereocenters. The Morgan fingerprint density at radius 1 is 1.24 bits per heavy atom. The molecule has 1 N–H and O–H groups in total. The van der Waals surface area contributed by atoms with Gasteiger partial charge in [-0.2, -0.15) is 0 Å². The molecule has 2 aliphatic rings. The van der Waals surface area contributed by atoms with Gasteiger partial charge < -0.3 is 10.2 Å². The minimum atomic E-state index is 0. The van der Waals surface area contributed by atoms with E-state index in [9.17, 15) is 4.79 Å². The zero-order valence-corrected chi connectivity index (χ0v) is 13.3. The molecule has 2 saturated heterocycles. The van der Waals surface area contributed by atoms with E-state index in [1.54, 1.807) is 0 Å². The van der Waals surface area contributed by atoms with Crippen LogP contribution in [0.25, 0.3) is 0 Å². The Bertz CT molecular complexity index is 464. The van der Waals surface area contributed by atoms with Gasteiger partial charge in [-0.05, 0) is 44.7 Å². The molecule has 0 aliphatic carbocycles. The van der Waals surface area contributed by atoms with Crippen molar-refractivity contribution in [3.8, 4) is 0 Å².